The zero-order chi connectivity index (χ0) is 39.7. The highest BCUT2D eigenvalue weighted by atomic mass is 16.5. The Morgan fingerprint density at radius 2 is 1.05 bits per heavy atom. The summed E-state index contributed by atoms with van der Waals surface area (Å²) < 4.78 is 10.5. The van der Waals surface area contributed by atoms with Gasteiger partial charge in [-0.1, -0.05) is 0 Å². The van der Waals surface area contributed by atoms with Gasteiger partial charge >= 0.3 is 11.9 Å². The lowest BCUT2D eigenvalue weighted by atomic mass is 9.91. The van der Waals surface area contributed by atoms with Crippen LogP contribution in [0.1, 0.15) is 104 Å². The number of nitrogens with one attached hydrogen (secondary N) is 4. The summed E-state index contributed by atoms with van der Waals surface area (Å²) in [5.74, 6) is -1.02. The molecule has 288 valence electrons. The van der Waals surface area contributed by atoms with Crippen LogP contribution in [0.5, 0.6) is 11.5 Å². The van der Waals surface area contributed by atoms with Crippen molar-refractivity contribution in [3.63, 3.8) is 0 Å². The number of aryl methyl sites for hydroxylation is 2. The van der Waals surface area contributed by atoms with Crippen molar-refractivity contribution in [1.29, 1.82) is 0 Å². The number of rotatable bonds is 10. The minimum atomic E-state index is -0.925. The fourth-order valence-electron chi connectivity index (χ4n) is 7.78. The number of Topliss-reactive ketones (excluding diaryl/α,β-unsaturated/α-hetero) is 2. The van der Waals surface area contributed by atoms with E-state index in [0.717, 1.165) is 37.1 Å². The fraction of sp³-hybridized carbons (Fsp3) is 0.286. The molecule has 6 N–H and O–H groups in total. The number of fused-ring (bicyclic) bond motifs is 4. The summed E-state index contributed by atoms with van der Waals surface area (Å²) in [4.78, 5) is 78.7. The third-order valence-electron chi connectivity index (χ3n) is 10.4. The lowest BCUT2D eigenvalue weighted by Gasteiger charge is -2.11. The van der Waals surface area contributed by atoms with Crippen molar-refractivity contribution in [1.82, 2.24) is 9.97 Å². The number of amides is 2. The molecule has 0 unspecified atom stereocenters. The van der Waals surface area contributed by atoms with Gasteiger partial charge in [-0.05, 0) is 98.2 Å². The number of hydrogen-bond donors (Lipinski definition) is 6. The van der Waals surface area contributed by atoms with E-state index in [9.17, 15) is 28.8 Å². The number of hydrogen-bond acceptors (Lipinski definition) is 8. The Morgan fingerprint density at radius 3 is 1.43 bits per heavy atom. The number of ketones is 2. The van der Waals surface area contributed by atoms with E-state index in [4.69, 9.17) is 19.7 Å². The highest BCUT2D eigenvalue weighted by Crippen LogP contribution is 2.39. The number of ether oxygens (including phenoxy) is 2. The van der Waals surface area contributed by atoms with Gasteiger partial charge in [0, 0.05) is 82.1 Å². The third kappa shape index (κ3) is 7.37. The minimum Gasteiger partial charge on any atom is -0.497 e. The number of carbonyl (C=O) groups excluding carboxylic acids is 4. The summed E-state index contributed by atoms with van der Waals surface area (Å²) in [6.45, 7) is 0. The highest BCUT2D eigenvalue weighted by molar-refractivity contribution is 6.35. The van der Waals surface area contributed by atoms with E-state index in [1.54, 1.807) is 62.8 Å². The van der Waals surface area contributed by atoms with Crippen molar-refractivity contribution in [2.24, 2.45) is 0 Å². The van der Waals surface area contributed by atoms with Gasteiger partial charge in [-0.2, -0.15) is 0 Å². The van der Waals surface area contributed by atoms with Gasteiger partial charge in [0.15, 0.2) is 11.6 Å². The van der Waals surface area contributed by atoms with Crippen molar-refractivity contribution in [2.75, 3.05) is 24.9 Å². The number of carbonyl (C=O) groups is 6. The van der Waals surface area contributed by atoms with Crippen LogP contribution in [-0.4, -0.2) is 69.7 Å². The van der Waals surface area contributed by atoms with E-state index in [1.807, 2.05) is 0 Å². The molecule has 0 spiro atoms. The van der Waals surface area contributed by atoms with E-state index < -0.39 is 11.9 Å². The Labute approximate surface area is 321 Å². The highest BCUT2D eigenvalue weighted by Gasteiger charge is 2.31. The first kappa shape index (κ1) is 37.6. The summed E-state index contributed by atoms with van der Waals surface area (Å²) in [5, 5.41) is 23.8. The van der Waals surface area contributed by atoms with Crippen LogP contribution in [0.4, 0.5) is 11.4 Å². The van der Waals surface area contributed by atoms with Gasteiger partial charge in [-0.25, -0.2) is 0 Å². The van der Waals surface area contributed by atoms with Crippen molar-refractivity contribution < 1.29 is 48.5 Å². The fourth-order valence-corrected chi connectivity index (χ4v) is 7.78. The molecule has 0 saturated carbocycles. The van der Waals surface area contributed by atoms with E-state index in [0.29, 0.717) is 91.6 Å². The molecule has 14 heteroatoms. The number of benzene rings is 2. The van der Waals surface area contributed by atoms with Crippen molar-refractivity contribution >= 4 is 70.0 Å². The number of aromatic nitrogens is 2. The molecular weight excluding hydrogens is 720 g/mol. The van der Waals surface area contributed by atoms with Crippen LogP contribution in [-0.2, 0) is 44.9 Å². The van der Waals surface area contributed by atoms with Crippen molar-refractivity contribution in [3.05, 3.63) is 92.6 Å². The van der Waals surface area contributed by atoms with Crippen LogP contribution in [0.25, 0.3) is 23.3 Å². The SMILES string of the molecule is COc1ccc2c(c1)/C(=C/c1[nH]c3c(c1CCC(=O)O)C(=O)CCC3)C(=O)N2.COc1ccc2c(c1)/C(=C/c1[nH]c3c(c1CCC(=O)O)C(=O)CCC3)C(=O)N2. The van der Waals surface area contributed by atoms with E-state index >= 15 is 0 Å². The van der Waals surface area contributed by atoms with Gasteiger partial charge in [0.2, 0.25) is 0 Å². The minimum absolute atomic E-state index is 0.0282. The molecule has 2 amide bonds. The number of aliphatic carboxylic acids is 2. The normalized spacial score (nSPS) is 16.7. The Hall–Kier alpha value is -6.70. The van der Waals surface area contributed by atoms with Gasteiger partial charge in [0.05, 0.1) is 25.4 Å². The number of aromatic amines is 2. The molecule has 4 aliphatic rings. The molecule has 4 heterocycles. The Bertz CT molecular complexity index is 2230. The van der Waals surface area contributed by atoms with Gasteiger partial charge in [-0.15, -0.1) is 0 Å². The first-order chi connectivity index (χ1) is 26.9. The van der Waals surface area contributed by atoms with Crippen LogP contribution in [0.3, 0.4) is 0 Å². The monoisotopic (exact) mass is 760 g/mol. The van der Waals surface area contributed by atoms with Gasteiger partial charge < -0.3 is 40.3 Å². The Balaban J connectivity index is 0.000000172. The number of anilines is 2. The second kappa shape index (κ2) is 15.6. The largest absolute Gasteiger partial charge is 0.497 e. The molecule has 0 bridgehead atoms. The number of H-pyrrole nitrogens is 2. The molecule has 4 aromatic rings. The second-order valence-corrected chi connectivity index (χ2v) is 13.9. The standard InChI is InChI=1S/2C21H20N2O5/c2*1-28-11-5-7-15-13(9-11)14(21(27)23-15)10-17-12(6-8-19(25)26)20-16(22-17)3-2-4-18(20)24/h2*5,7,9-10,22H,2-4,6,8H2,1H3,(H,23,27)(H,25,26)/b2*14-10-. The van der Waals surface area contributed by atoms with Crippen LogP contribution < -0.4 is 20.1 Å². The molecule has 2 aromatic heterocycles. The summed E-state index contributed by atoms with van der Waals surface area (Å²) in [5.41, 5.74) is 9.19. The summed E-state index contributed by atoms with van der Waals surface area (Å²) in [6, 6.07) is 10.7. The molecule has 8 rings (SSSR count). The maximum absolute atomic E-state index is 12.5. The average Bonchev–Trinajstić information content (AvgIpc) is 3.90. The van der Waals surface area contributed by atoms with Gasteiger partial charge in [-0.3, -0.25) is 28.8 Å². The summed E-state index contributed by atoms with van der Waals surface area (Å²) >= 11 is 0. The van der Waals surface area contributed by atoms with Gasteiger partial charge in [0.1, 0.15) is 11.5 Å². The predicted molar refractivity (Wildman–Crippen MR) is 207 cm³/mol. The molecular formula is C42H40N4O10. The summed E-state index contributed by atoms with van der Waals surface area (Å²) in [6.07, 6.45) is 7.66. The van der Waals surface area contributed by atoms with Crippen LogP contribution in [0, 0.1) is 0 Å². The zero-order valence-corrected chi connectivity index (χ0v) is 30.9. The van der Waals surface area contributed by atoms with E-state index in [2.05, 4.69) is 20.6 Å². The van der Waals surface area contributed by atoms with Crippen LogP contribution >= 0.6 is 0 Å². The Kier molecular flexibility index (Phi) is 10.5. The number of carboxylic acids is 2. The quantitative estimate of drug-likeness (QED) is 0.102. The molecule has 56 heavy (non-hydrogen) atoms. The number of carboxylic acid groups (broad SMARTS) is 2. The molecule has 2 aliphatic carbocycles. The number of methoxy groups -OCH3 is 2. The maximum atomic E-state index is 12.5. The first-order valence-corrected chi connectivity index (χ1v) is 18.4. The molecule has 0 radical (unpaired) electrons. The predicted octanol–water partition coefficient (Wildman–Crippen LogP) is 6.10. The lowest BCUT2D eigenvalue weighted by Crippen LogP contribution is -2.11. The maximum Gasteiger partial charge on any atom is 0.303 e. The van der Waals surface area contributed by atoms with Crippen molar-refractivity contribution in [3.8, 4) is 11.5 Å². The molecule has 0 saturated heterocycles. The van der Waals surface area contributed by atoms with E-state index in [1.165, 1.54) is 0 Å². The molecule has 14 nitrogen and oxygen atoms in total. The second-order valence-electron chi connectivity index (χ2n) is 13.9. The molecule has 2 aliphatic heterocycles. The Morgan fingerprint density at radius 1 is 0.643 bits per heavy atom. The molecule has 0 atom stereocenters. The molecule has 0 fully saturated rings. The first-order valence-electron chi connectivity index (χ1n) is 18.4. The lowest BCUT2D eigenvalue weighted by molar-refractivity contribution is -0.138. The molecule has 2 aromatic carbocycles. The van der Waals surface area contributed by atoms with Crippen LogP contribution in [0.15, 0.2) is 36.4 Å². The average molecular weight is 761 g/mol. The third-order valence-corrected chi connectivity index (χ3v) is 10.4. The van der Waals surface area contributed by atoms with Gasteiger partial charge in [0.25, 0.3) is 11.8 Å². The smallest absolute Gasteiger partial charge is 0.303 e. The summed E-state index contributed by atoms with van der Waals surface area (Å²) in [7, 11) is 3.12. The topological polar surface area (TPSA) is 217 Å². The van der Waals surface area contributed by atoms with Crippen molar-refractivity contribution in [2.45, 2.75) is 64.2 Å². The zero-order valence-electron chi connectivity index (χ0n) is 30.9. The van der Waals surface area contributed by atoms with Crippen LogP contribution in [0.2, 0.25) is 0 Å². The van der Waals surface area contributed by atoms with E-state index in [-0.39, 0.29) is 49.1 Å².